The van der Waals surface area contributed by atoms with Gasteiger partial charge in [-0.3, -0.25) is 14.5 Å². The van der Waals surface area contributed by atoms with Gasteiger partial charge in [-0.1, -0.05) is 6.92 Å². The van der Waals surface area contributed by atoms with Crippen molar-refractivity contribution in [3.05, 3.63) is 35.7 Å². The van der Waals surface area contributed by atoms with Crippen LogP contribution >= 0.6 is 0 Å². The predicted octanol–water partition coefficient (Wildman–Crippen LogP) is 1.47. The van der Waals surface area contributed by atoms with E-state index >= 15 is 0 Å². The SMILES string of the molecule is CCOC(=O)CN1CCN(c2ccc(N3CCOc4ncnc(N)c4C3=O)cc2CC)C1=O. The number of aryl methyl sites for hydroxylation is 1. The molecule has 0 radical (unpaired) electrons. The number of nitrogens with two attached hydrogens (primary N) is 1. The number of fused-ring (bicyclic) bond motifs is 1. The summed E-state index contributed by atoms with van der Waals surface area (Å²) in [6.45, 7) is 5.37. The number of hydrogen-bond donors (Lipinski definition) is 1. The highest BCUT2D eigenvalue weighted by molar-refractivity contribution is 6.10. The van der Waals surface area contributed by atoms with Crippen molar-refractivity contribution in [1.82, 2.24) is 14.9 Å². The summed E-state index contributed by atoms with van der Waals surface area (Å²) in [6, 6.07) is 5.26. The maximum Gasteiger partial charge on any atom is 0.325 e. The molecule has 1 aromatic heterocycles. The number of benzene rings is 1. The van der Waals surface area contributed by atoms with Gasteiger partial charge in [0.2, 0.25) is 5.88 Å². The molecule has 0 bridgehead atoms. The topological polar surface area (TPSA) is 131 Å². The molecule has 2 aliphatic heterocycles. The van der Waals surface area contributed by atoms with Gasteiger partial charge in [0.1, 0.15) is 30.9 Å². The standard InChI is InChI=1S/C22H26N6O5/c1-3-14-11-15(27-9-10-33-20-18(21(27)30)19(23)24-13-25-20)5-6-16(14)28-8-7-26(22(28)31)12-17(29)32-4-2/h5-6,11,13H,3-4,7-10,12H2,1-2H3,(H2,23,24,25). The van der Waals surface area contributed by atoms with Gasteiger partial charge in [-0.05, 0) is 37.1 Å². The number of ether oxygens (including phenoxy) is 2. The zero-order valence-corrected chi connectivity index (χ0v) is 18.6. The fraction of sp³-hybridized carbons (Fsp3) is 0.409. The lowest BCUT2D eigenvalue weighted by atomic mass is 10.1. The van der Waals surface area contributed by atoms with E-state index in [-0.39, 0.29) is 49.0 Å². The van der Waals surface area contributed by atoms with Crippen LogP contribution in [0.15, 0.2) is 24.5 Å². The summed E-state index contributed by atoms with van der Waals surface area (Å²) < 4.78 is 10.6. The van der Waals surface area contributed by atoms with E-state index < -0.39 is 5.97 Å². The highest BCUT2D eigenvalue weighted by atomic mass is 16.5. The second-order valence-electron chi connectivity index (χ2n) is 7.57. The second-order valence-corrected chi connectivity index (χ2v) is 7.57. The van der Waals surface area contributed by atoms with Crippen molar-refractivity contribution < 1.29 is 23.9 Å². The van der Waals surface area contributed by atoms with Crippen LogP contribution in [0, 0.1) is 0 Å². The molecule has 33 heavy (non-hydrogen) atoms. The van der Waals surface area contributed by atoms with Crippen LogP contribution < -0.4 is 20.3 Å². The van der Waals surface area contributed by atoms with Crippen molar-refractivity contribution in [2.45, 2.75) is 20.3 Å². The molecule has 174 valence electrons. The molecule has 1 aromatic carbocycles. The molecule has 3 amide bonds. The third kappa shape index (κ3) is 4.26. The van der Waals surface area contributed by atoms with Crippen molar-refractivity contribution in [2.24, 2.45) is 0 Å². The first-order valence-electron chi connectivity index (χ1n) is 10.8. The van der Waals surface area contributed by atoms with Crippen LogP contribution in [0.4, 0.5) is 22.0 Å². The summed E-state index contributed by atoms with van der Waals surface area (Å²) in [6.07, 6.45) is 1.91. The number of carbonyl (C=O) groups is 3. The molecule has 1 saturated heterocycles. The van der Waals surface area contributed by atoms with E-state index in [1.54, 1.807) is 22.8 Å². The number of anilines is 3. The minimum absolute atomic E-state index is 0.0635. The molecule has 2 N–H and O–H groups in total. The Balaban J connectivity index is 1.59. The van der Waals surface area contributed by atoms with Crippen LogP contribution in [0.5, 0.6) is 5.88 Å². The zero-order valence-electron chi connectivity index (χ0n) is 18.6. The van der Waals surface area contributed by atoms with Crippen molar-refractivity contribution in [3.63, 3.8) is 0 Å². The van der Waals surface area contributed by atoms with Gasteiger partial charge in [0.25, 0.3) is 5.91 Å². The van der Waals surface area contributed by atoms with E-state index in [1.165, 1.54) is 11.2 Å². The average molecular weight is 454 g/mol. The largest absolute Gasteiger partial charge is 0.475 e. The minimum atomic E-state index is -0.427. The Labute approximate surface area is 191 Å². The van der Waals surface area contributed by atoms with E-state index in [2.05, 4.69) is 9.97 Å². The third-order valence-corrected chi connectivity index (χ3v) is 5.62. The van der Waals surface area contributed by atoms with E-state index in [0.29, 0.717) is 31.7 Å². The summed E-state index contributed by atoms with van der Waals surface area (Å²) in [7, 11) is 0. The molecular formula is C22H26N6O5. The number of urea groups is 1. The summed E-state index contributed by atoms with van der Waals surface area (Å²) in [5.41, 5.74) is 8.38. The number of nitrogens with zero attached hydrogens (tertiary/aromatic N) is 5. The number of esters is 1. The second kappa shape index (κ2) is 9.31. The van der Waals surface area contributed by atoms with Crippen LogP contribution in [-0.4, -0.2) is 72.2 Å². The number of aromatic nitrogens is 2. The number of hydrogen-bond acceptors (Lipinski definition) is 8. The lowest BCUT2D eigenvalue weighted by molar-refractivity contribution is -0.143. The molecule has 4 rings (SSSR count). The molecule has 2 aromatic rings. The number of amides is 3. The Hall–Kier alpha value is -3.89. The number of nitrogen functional groups attached to an aromatic ring is 1. The molecule has 3 heterocycles. The maximum atomic E-state index is 13.2. The maximum absolute atomic E-state index is 13.2. The van der Waals surface area contributed by atoms with Gasteiger partial charge in [0.05, 0.1) is 13.2 Å². The van der Waals surface area contributed by atoms with E-state index in [0.717, 1.165) is 11.3 Å². The predicted molar refractivity (Wildman–Crippen MR) is 120 cm³/mol. The molecule has 11 nitrogen and oxygen atoms in total. The average Bonchev–Trinajstić information content (AvgIpc) is 3.05. The summed E-state index contributed by atoms with van der Waals surface area (Å²) in [5, 5.41) is 0. The van der Waals surface area contributed by atoms with E-state index in [4.69, 9.17) is 15.2 Å². The van der Waals surface area contributed by atoms with E-state index in [1.807, 2.05) is 19.1 Å². The Morgan fingerprint density at radius 2 is 1.97 bits per heavy atom. The van der Waals surface area contributed by atoms with Crippen molar-refractivity contribution in [1.29, 1.82) is 0 Å². The van der Waals surface area contributed by atoms with Gasteiger partial charge in [-0.25, -0.2) is 14.8 Å². The fourth-order valence-electron chi connectivity index (χ4n) is 4.01. The quantitative estimate of drug-likeness (QED) is 0.649. The van der Waals surface area contributed by atoms with Crippen LogP contribution in [0.2, 0.25) is 0 Å². The molecule has 0 unspecified atom stereocenters. The molecular weight excluding hydrogens is 428 g/mol. The Morgan fingerprint density at radius 1 is 1.15 bits per heavy atom. The van der Waals surface area contributed by atoms with Crippen molar-refractivity contribution in [3.8, 4) is 5.88 Å². The van der Waals surface area contributed by atoms with Crippen molar-refractivity contribution in [2.75, 3.05) is 54.9 Å². The van der Waals surface area contributed by atoms with Gasteiger partial charge >= 0.3 is 12.0 Å². The highest BCUT2D eigenvalue weighted by Crippen LogP contribution is 2.32. The van der Waals surface area contributed by atoms with Crippen LogP contribution in [0.25, 0.3) is 0 Å². The zero-order chi connectivity index (χ0) is 23.5. The third-order valence-electron chi connectivity index (χ3n) is 5.62. The van der Waals surface area contributed by atoms with Crippen LogP contribution in [0.3, 0.4) is 0 Å². The molecule has 0 atom stereocenters. The first kappa shape index (κ1) is 22.3. The number of rotatable bonds is 6. The molecule has 2 aliphatic rings. The van der Waals surface area contributed by atoms with Gasteiger partial charge in [-0.15, -0.1) is 0 Å². The van der Waals surface area contributed by atoms with E-state index in [9.17, 15) is 14.4 Å². The summed E-state index contributed by atoms with van der Waals surface area (Å²) in [5.74, 6) is -0.530. The first-order valence-corrected chi connectivity index (χ1v) is 10.8. The van der Waals surface area contributed by atoms with Gasteiger partial charge < -0.3 is 25.0 Å². The number of carbonyl (C=O) groups excluding carboxylic acids is 3. The smallest absolute Gasteiger partial charge is 0.325 e. The molecule has 0 spiro atoms. The Bertz CT molecular complexity index is 1090. The summed E-state index contributed by atoms with van der Waals surface area (Å²) >= 11 is 0. The normalized spacial score (nSPS) is 15.9. The minimum Gasteiger partial charge on any atom is -0.475 e. The molecule has 1 fully saturated rings. The molecule has 0 aliphatic carbocycles. The monoisotopic (exact) mass is 454 g/mol. The van der Waals surface area contributed by atoms with Gasteiger partial charge in [0, 0.05) is 24.5 Å². The van der Waals surface area contributed by atoms with Crippen LogP contribution in [0.1, 0.15) is 29.8 Å². The lowest BCUT2D eigenvalue weighted by Crippen LogP contribution is -2.36. The first-order chi connectivity index (χ1) is 15.9. The Kier molecular flexibility index (Phi) is 6.29. The lowest BCUT2D eigenvalue weighted by Gasteiger charge is -2.24. The summed E-state index contributed by atoms with van der Waals surface area (Å²) in [4.78, 5) is 50.6. The fourth-order valence-corrected chi connectivity index (χ4v) is 4.01. The Morgan fingerprint density at radius 3 is 2.73 bits per heavy atom. The van der Waals surface area contributed by atoms with Gasteiger partial charge in [-0.2, -0.15) is 0 Å². The van der Waals surface area contributed by atoms with Gasteiger partial charge in [0.15, 0.2) is 0 Å². The van der Waals surface area contributed by atoms with Crippen LogP contribution in [-0.2, 0) is 16.0 Å². The molecule has 11 heteroatoms. The van der Waals surface area contributed by atoms with Crippen molar-refractivity contribution >= 4 is 35.1 Å². The molecule has 0 saturated carbocycles. The highest BCUT2D eigenvalue weighted by Gasteiger charge is 2.33.